The lowest BCUT2D eigenvalue weighted by molar-refractivity contribution is 0.303. The molecule has 0 bridgehead atoms. The van der Waals surface area contributed by atoms with E-state index in [0.29, 0.717) is 5.92 Å². The van der Waals surface area contributed by atoms with Gasteiger partial charge in [-0.25, -0.2) is 0 Å². The zero-order chi connectivity index (χ0) is 11.5. The van der Waals surface area contributed by atoms with E-state index in [4.69, 9.17) is 5.73 Å². The minimum Gasteiger partial charge on any atom is -0.321 e. The minimum absolute atomic E-state index is 0.207. The Morgan fingerprint density at radius 3 is 2.47 bits per heavy atom. The molecule has 0 heterocycles. The van der Waals surface area contributed by atoms with Crippen LogP contribution in [0.15, 0.2) is 24.3 Å². The molecule has 0 fully saturated rings. The molecule has 1 heteroatoms. The predicted molar refractivity (Wildman–Crippen MR) is 66.8 cm³/mol. The first-order chi connectivity index (χ1) is 7.00. The van der Waals surface area contributed by atoms with Gasteiger partial charge in [0.25, 0.3) is 0 Å². The fourth-order valence-corrected chi connectivity index (χ4v) is 2.18. The number of nitrogens with two attached hydrogens (primary N) is 1. The van der Waals surface area contributed by atoms with Crippen molar-refractivity contribution in [2.75, 3.05) is 0 Å². The molecule has 0 amide bonds. The molecular weight excluding hydrogens is 182 g/mol. The monoisotopic (exact) mass is 205 g/mol. The molecular formula is C14H23N. The van der Waals surface area contributed by atoms with Crippen LogP contribution in [0, 0.1) is 12.8 Å². The average Bonchev–Trinajstić information content (AvgIpc) is 2.18. The molecule has 84 valence electrons. The van der Waals surface area contributed by atoms with Gasteiger partial charge in [-0.2, -0.15) is 0 Å². The van der Waals surface area contributed by atoms with Crippen molar-refractivity contribution in [2.24, 2.45) is 11.7 Å². The van der Waals surface area contributed by atoms with Crippen LogP contribution in [0.2, 0.25) is 0 Å². The largest absolute Gasteiger partial charge is 0.321 e. The van der Waals surface area contributed by atoms with Crippen LogP contribution in [0.3, 0.4) is 0 Å². The fourth-order valence-electron chi connectivity index (χ4n) is 2.18. The van der Waals surface area contributed by atoms with E-state index in [2.05, 4.69) is 52.0 Å². The molecule has 1 nitrogen and oxygen atoms in total. The predicted octanol–water partition coefficient (Wildman–Crippen LogP) is 3.61. The van der Waals surface area contributed by atoms with E-state index in [1.54, 1.807) is 0 Å². The van der Waals surface area contributed by atoms with Crippen molar-refractivity contribution in [3.8, 4) is 0 Å². The van der Waals surface area contributed by atoms with Crippen LogP contribution in [-0.2, 0) is 5.54 Å². The first-order valence-corrected chi connectivity index (χ1v) is 5.85. The van der Waals surface area contributed by atoms with Gasteiger partial charge >= 0.3 is 0 Å². The number of hydrogen-bond acceptors (Lipinski definition) is 1. The maximum Gasteiger partial charge on any atom is 0.0409 e. The average molecular weight is 205 g/mol. The van der Waals surface area contributed by atoms with E-state index in [1.165, 1.54) is 24.0 Å². The van der Waals surface area contributed by atoms with Crippen molar-refractivity contribution in [1.82, 2.24) is 0 Å². The molecule has 0 aliphatic carbocycles. The molecule has 2 atom stereocenters. The summed E-state index contributed by atoms with van der Waals surface area (Å²) in [6, 6.07) is 8.44. The summed E-state index contributed by atoms with van der Waals surface area (Å²) in [6.07, 6.45) is 2.38. The normalized spacial score (nSPS) is 17.1. The first kappa shape index (κ1) is 12.3. The van der Waals surface area contributed by atoms with Gasteiger partial charge in [-0.3, -0.25) is 0 Å². The van der Waals surface area contributed by atoms with E-state index in [9.17, 15) is 0 Å². The van der Waals surface area contributed by atoms with Gasteiger partial charge in [0.1, 0.15) is 0 Å². The van der Waals surface area contributed by atoms with Crippen molar-refractivity contribution in [1.29, 1.82) is 0 Å². The second-order valence-corrected chi connectivity index (χ2v) is 4.79. The van der Waals surface area contributed by atoms with Crippen LogP contribution in [0.5, 0.6) is 0 Å². The Kier molecular flexibility index (Phi) is 3.92. The Labute approximate surface area is 93.7 Å². The molecule has 2 unspecified atom stereocenters. The van der Waals surface area contributed by atoms with Gasteiger partial charge in [-0.15, -0.1) is 0 Å². The Bertz CT molecular complexity index is 315. The molecule has 1 rings (SSSR count). The summed E-state index contributed by atoms with van der Waals surface area (Å²) in [6.45, 7) is 8.75. The number of rotatable bonds is 4. The van der Waals surface area contributed by atoms with E-state index in [0.717, 1.165) is 0 Å². The van der Waals surface area contributed by atoms with Crippen LogP contribution in [0.25, 0.3) is 0 Å². The summed E-state index contributed by atoms with van der Waals surface area (Å²) < 4.78 is 0. The molecule has 0 aliphatic heterocycles. The maximum absolute atomic E-state index is 6.47. The van der Waals surface area contributed by atoms with Crippen molar-refractivity contribution >= 4 is 0 Å². The number of hydrogen-bond donors (Lipinski definition) is 1. The first-order valence-electron chi connectivity index (χ1n) is 5.85. The summed E-state index contributed by atoms with van der Waals surface area (Å²) >= 11 is 0. The van der Waals surface area contributed by atoms with Crippen molar-refractivity contribution in [2.45, 2.75) is 46.1 Å². The summed E-state index contributed by atoms with van der Waals surface area (Å²) in [4.78, 5) is 0. The van der Waals surface area contributed by atoms with Gasteiger partial charge in [-0.1, -0.05) is 44.5 Å². The third-order valence-corrected chi connectivity index (χ3v) is 3.47. The molecule has 1 aromatic carbocycles. The lowest BCUT2D eigenvalue weighted by Crippen LogP contribution is -2.40. The highest BCUT2D eigenvalue weighted by Gasteiger charge is 2.28. The quantitative estimate of drug-likeness (QED) is 0.798. The van der Waals surface area contributed by atoms with Crippen molar-refractivity contribution in [3.63, 3.8) is 0 Å². The smallest absolute Gasteiger partial charge is 0.0409 e. The lowest BCUT2D eigenvalue weighted by Gasteiger charge is -2.33. The zero-order valence-corrected chi connectivity index (χ0v) is 10.4. The van der Waals surface area contributed by atoms with E-state index >= 15 is 0 Å². The van der Waals surface area contributed by atoms with E-state index < -0.39 is 0 Å². The van der Waals surface area contributed by atoms with Crippen LogP contribution in [0.1, 0.15) is 44.7 Å². The fraction of sp³-hybridized carbons (Fsp3) is 0.571. The SMILES string of the molecule is CCCC(C)C(C)(N)c1ccccc1C. The minimum atomic E-state index is -0.207. The van der Waals surface area contributed by atoms with Gasteiger partial charge in [0.2, 0.25) is 0 Å². The molecule has 15 heavy (non-hydrogen) atoms. The highest BCUT2D eigenvalue weighted by Crippen LogP contribution is 2.31. The van der Waals surface area contributed by atoms with Gasteiger partial charge in [0.05, 0.1) is 0 Å². The highest BCUT2D eigenvalue weighted by atomic mass is 14.7. The van der Waals surface area contributed by atoms with Gasteiger partial charge < -0.3 is 5.73 Å². The Hall–Kier alpha value is -0.820. The molecule has 0 aliphatic rings. The van der Waals surface area contributed by atoms with E-state index in [-0.39, 0.29) is 5.54 Å². The number of benzene rings is 1. The van der Waals surface area contributed by atoms with Crippen LogP contribution in [0.4, 0.5) is 0 Å². The molecule has 1 aromatic rings. The topological polar surface area (TPSA) is 26.0 Å². The summed E-state index contributed by atoms with van der Waals surface area (Å²) in [5.74, 6) is 0.517. The second kappa shape index (κ2) is 4.80. The standard InChI is InChI=1S/C14H23N/c1-5-8-12(3)14(4,15)13-10-7-6-9-11(13)2/h6-7,9-10,12H,5,8,15H2,1-4H3. The summed E-state index contributed by atoms with van der Waals surface area (Å²) in [5, 5.41) is 0. The Morgan fingerprint density at radius 1 is 1.33 bits per heavy atom. The van der Waals surface area contributed by atoms with Crippen LogP contribution >= 0.6 is 0 Å². The highest BCUT2D eigenvalue weighted by molar-refractivity contribution is 5.32. The third kappa shape index (κ3) is 2.60. The molecule has 0 saturated heterocycles. The molecule has 2 N–H and O–H groups in total. The van der Waals surface area contributed by atoms with Crippen molar-refractivity contribution < 1.29 is 0 Å². The van der Waals surface area contributed by atoms with Crippen molar-refractivity contribution in [3.05, 3.63) is 35.4 Å². The molecule has 0 aromatic heterocycles. The van der Waals surface area contributed by atoms with Gasteiger partial charge in [0.15, 0.2) is 0 Å². The van der Waals surface area contributed by atoms with E-state index in [1.807, 2.05) is 0 Å². The molecule has 0 saturated carbocycles. The molecule has 0 spiro atoms. The summed E-state index contributed by atoms with van der Waals surface area (Å²) in [5.41, 5.74) is 8.84. The molecule has 0 radical (unpaired) electrons. The lowest BCUT2D eigenvalue weighted by atomic mass is 9.77. The van der Waals surface area contributed by atoms with Crippen LogP contribution in [-0.4, -0.2) is 0 Å². The zero-order valence-electron chi connectivity index (χ0n) is 10.4. The second-order valence-electron chi connectivity index (χ2n) is 4.79. The maximum atomic E-state index is 6.47. The van der Waals surface area contributed by atoms with Gasteiger partial charge in [-0.05, 0) is 37.3 Å². The van der Waals surface area contributed by atoms with Crippen LogP contribution < -0.4 is 5.73 Å². The Balaban J connectivity index is 2.99. The Morgan fingerprint density at radius 2 is 1.93 bits per heavy atom. The summed E-state index contributed by atoms with van der Waals surface area (Å²) in [7, 11) is 0. The number of aryl methyl sites for hydroxylation is 1. The third-order valence-electron chi connectivity index (χ3n) is 3.47. The van der Waals surface area contributed by atoms with Gasteiger partial charge in [0, 0.05) is 5.54 Å².